The molecule has 1 aromatic carbocycles. The van der Waals surface area contributed by atoms with Crippen LogP contribution < -0.4 is 10.1 Å². The van der Waals surface area contributed by atoms with Gasteiger partial charge in [-0.2, -0.15) is 0 Å². The molecule has 1 fully saturated rings. The molecule has 0 aliphatic carbocycles. The summed E-state index contributed by atoms with van der Waals surface area (Å²) in [5.41, 5.74) is 1.19. The van der Waals surface area contributed by atoms with Crippen LogP contribution in [0.3, 0.4) is 0 Å². The molecule has 1 saturated heterocycles. The maximum absolute atomic E-state index is 6.32. The first-order valence-corrected chi connectivity index (χ1v) is 8.06. The van der Waals surface area contributed by atoms with E-state index in [0.29, 0.717) is 10.9 Å². The minimum Gasteiger partial charge on any atom is -0.491 e. The van der Waals surface area contributed by atoms with Crippen molar-refractivity contribution >= 4 is 11.6 Å². The Morgan fingerprint density at radius 1 is 1.29 bits per heavy atom. The average Bonchev–Trinajstić information content (AvgIpc) is 2.44. The molecule has 0 atom stereocenters. The van der Waals surface area contributed by atoms with Crippen molar-refractivity contribution in [1.82, 2.24) is 5.32 Å². The van der Waals surface area contributed by atoms with Gasteiger partial charge in [-0.15, -0.1) is 0 Å². The lowest BCUT2D eigenvalue weighted by Gasteiger charge is -2.24. The molecular weight excluding hydrogens is 286 g/mol. The highest BCUT2D eigenvalue weighted by molar-refractivity contribution is 6.32. The first kappa shape index (κ1) is 16.6. The Morgan fingerprint density at radius 3 is 2.67 bits per heavy atom. The number of para-hydroxylation sites is 1. The molecule has 0 bridgehead atoms. The van der Waals surface area contributed by atoms with E-state index in [9.17, 15) is 0 Å². The monoisotopic (exact) mass is 311 g/mol. The fourth-order valence-electron chi connectivity index (χ4n) is 2.33. The number of ether oxygens (including phenoxy) is 2. The minimum atomic E-state index is 0.0697. The minimum absolute atomic E-state index is 0.0697. The maximum atomic E-state index is 6.32. The Morgan fingerprint density at radius 2 is 2.00 bits per heavy atom. The smallest absolute Gasteiger partial charge is 0.142 e. The lowest BCUT2D eigenvalue weighted by Crippen LogP contribution is -2.35. The summed E-state index contributed by atoms with van der Waals surface area (Å²) in [5.74, 6) is 1.39. The van der Waals surface area contributed by atoms with E-state index in [1.165, 1.54) is 0 Å². The SMILES string of the molecule is CC(C)(C)NCc1cccc(Cl)c1OCC1CCOCC1. The van der Waals surface area contributed by atoms with Crippen LogP contribution in [-0.2, 0) is 11.3 Å². The highest BCUT2D eigenvalue weighted by Gasteiger charge is 2.17. The van der Waals surface area contributed by atoms with Crippen molar-refractivity contribution < 1.29 is 9.47 Å². The van der Waals surface area contributed by atoms with Gasteiger partial charge < -0.3 is 14.8 Å². The standard InChI is InChI=1S/C17H26ClNO2/c1-17(2,3)19-11-14-5-4-6-15(18)16(14)21-12-13-7-9-20-10-8-13/h4-6,13,19H,7-12H2,1-3H3. The number of halogens is 1. The quantitative estimate of drug-likeness (QED) is 0.890. The van der Waals surface area contributed by atoms with Gasteiger partial charge in [-0.25, -0.2) is 0 Å². The van der Waals surface area contributed by atoms with Gasteiger partial charge in [0.05, 0.1) is 11.6 Å². The third-order valence-electron chi connectivity index (χ3n) is 3.66. The predicted octanol–water partition coefficient (Wildman–Crippen LogP) is 4.03. The van der Waals surface area contributed by atoms with Crippen LogP contribution in [-0.4, -0.2) is 25.4 Å². The zero-order chi connectivity index (χ0) is 15.3. The van der Waals surface area contributed by atoms with Crippen molar-refractivity contribution in [2.45, 2.75) is 45.7 Å². The topological polar surface area (TPSA) is 30.5 Å². The molecule has 0 aromatic heterocycles. The Labute approximate surface area is 133 Å². The van der Waals surface area contributed by atoms with E-state index in [-0.39, 0.29) is 5.54 Å². The predicted molar refractivity (Wildman–Crippen MR) is 87.1 cm³/mol. The Bertz CT molecular complexity index is 451. The fraction of sp³-hybridized carbons (Fsp3) is 0.647. The van der Waals surface area contributed by atoms with E-state index in [1.54, 1.807) is 0 Å². The van der Waals surface area contributed by atoms with Gasteiger partial charge in [0, 0.05) is 30.9 Å². The normalized spacial score (nSPS) is 17.0. The summed E-state index contributed by atoms with van der Waals surface area (Å²) in [4.78, 5) is 0. The lowest BCUT2D eigenvalue weighted by molar-refractivity contribution is 0.0496. The van der Waals surface area contributed by atoms with Crippen LogP contribution in [0.2, 0.25) is 5.02 Å². The molecule has 0 saturated carbocycles. The van der Waals surface area contributed by atoms with E-state index in [1.807, 2.05) is 12.1 Å². The molecule has 0 spiro atoms. The molecule has 2 rings (SSSR count). The van der Waals surface area contributed by atoms with Crippen molar-refractivity contribution in [3.63, 3.8) is 0 Å². The van der Waals surface area contributed by atoms with Crippen molar-refractivity contribution in [3.05, 3.63) is 28.8 Å². The summed E-state index contributed by atoms with van der Waals surface area (Å²) in [6.07, 6.45) is 2.14. The van der Waals surface area contributed by atoms with Crippen LogP contribution >= 0.6 is 11.6 Å². The zero-order valence-corrected chi connectivity index (χ0v) is 14.0. The summed E-state index contributed by atoms with van der Waals surface area (Å²) >= 11 is 6.32. The molecular formula is C17H26ClNO2. The molecule has 0 unspecified atom stereocenters. The molecule has 1 N–H and O–H groups in total. The lowest BCUT2D eigenvalue weighted by atomic mass is 10.0. The van der Waals surface area contributed by atoms with Crippen molar-refractivity contribution in [2.24, 2.45) is 5.92 Å². The second-order valence-corrected chi connectivity index (χ2v) is 7.11. The van der Waals surface area contributed by atoms with Crippen molar-refractivity contribution in [2.75, 3.05) is 19.8 Å². The number of hydrogen-bond acceptors (Lipinski definition) is 3. The summed E-state index contributed by atoms with van der Waals surface area (Å²) in [7, 11) is 0. The molecule has 1 aliphatic rings. The van der Waals surface area contributed by atoms with Gasteiger partial charge in [0.25, 0.3) is 0 Å². The maximum Gasteiger partial charge on any atom is 0.142 e. The third kappa shape index (κ3) is 5.50. The Kier molecular flexibility index (Phi) is 5.91. The fourth-order valence-corrected chi connectivity index (χ4v) is 2.58. The number of benzene rings is 1. The summed E-state index contributed by atoms with van der Waals surface area (Å²) < 4.78 is 11.4. The molecule has 0 amide bonds. The van der Waals surface area contributed by atoms with Gasteiger partial charge in [-0.05, 0) is 45.6 Å². The second kappa shape index (κ2) is 7.48. The van der Waals surface area contributed by atoms with Crippen LogP contribution in [0, 0.1) is 5.92 Å². The van der Waals surface area contributed by atoms with E-state index in [2.05, 4.69) is 32.2 Å². The van der Waals surface area contributed by atoms with Crippen molar-refractivity contribution in [3.8, 4) is 5.75 Å². The number of rotatable bonds is 5. The highest BCUT2D eigenvalue weighted by atomic mass is 35.5. The Hall–Kier alpha value is -0.770. The van der Waals surface area contributed by atoms with Crippen LogP contribution in [0.5, 0.6) is 5.75 Å². The summed E-state index contributed by atoms with van der Waals surface area (Å²) in [5, 5.41) is 4.18. The number of nitrogens with one attached hydrogen (secondary N) is 1. The van der Waals surface area contributed by atoms with Crippen molar-refractivity contribution in [1.29, 1.82) is 0 Å². The molecule has 1 heterocycles. The van der Waals surface area contributed by atoms with Gasteiger partial charge in [-0.1, -0.05) is 23.7 Å². The number of hydrogen-bond donors (Lipinski definition) is 1. The molecule has 3 nitrogen and oxygen atoms in total. The van der Waals surface area contributed by atoms with Crippen LogP contribution in [0.25, 0.3) is 0 Å². The summed E-state index contributed by atoms with van der Waals surface area (Å²) in [6, 6.07) is 5.94. The van der Waals surface area contributed by atoms with Gasteiger partial charge in [-0.3, -0.25) is 0 Å². The first-order valence-electron chi connectivity index (χ1n) is 7.69. The van der Waals surface area contributed by atoms with Gasteiger partial charge in [0.2, 0.25) is 0 Å². The Balaban J connectivity index is 1.99. The summed E-state index contributed by atoms with van der Waals surface area (Å²) in [6.45, 7) is 9.62. The van der Waals surface area contributed by atoms with Crippen LogP contribution in [0.1, 0.15) is 39.2 Å². The zero-order valence-electron chi connectivity index (χ0n) is 13.2. The first-order chi connectivity index (χ1) is 9.96. The third-order valence-corrected chi connectivity index (χ3v) is 3.96. The molecule has 0 radical (unpaired) electrons. The second-order valence-electron chi connectivity index (χ2n) is 6.70. The molecule has 4 heteroatoms. The van der Waals surface area contributed by atoms with Gasteiger partial charge in [0.15, 0.2) is 0 Å². The van der Waals surface area contributed by atoms with Gasteiger partial charge >= 0.3 is 0 Å². The molecule has 1 aromatic rings. The van der Waals surface area contributed by atoms with Crippen LogP contribution in [0.4, 0.5) is 0 Å². The van der Waals surface area contributed by atoms with E-state index < -0.39 is 0 Å². The van der Waals surface area contributed by atoms with E-state index in [0.717, 1.165) is 50.5 Å². The largest absolute Gasteiger partial charge is 0.491 e. The molecule has 1 aliphatic heterocycles. The molecule has 118 valence electrons. The van der Waals surface area contributed by atoms with E-state index in [4.69, 9.17) is 21.1 Å². The van der Waals surface area contributed by atoms with Crippen LogP contribution in [0.15, 0.2) is 18.2 Å². The average molecular weight is 312 g/mol. The highest BCUT2D eigenvalue weighted by Crippen LogP contribution is 2.30. The van der Waals surface area contributed by atoms with E-state index >= 15 is 0 Å². The molecule has 21 heavy (non-hydrogen) atoms. The van der Waals surface area contributed by atoms with Gasteiger partial charge in [0.1, 0.15) is 5.75 Å².